The quantitative estimate of drug-likeness (QED) is 0.589. The van der Waals surface area contributed by atoms with Gasteiger partial charge in [-0.05, 0) is 18.1 Å². The van der Waals surface area contributed by atoms with Crippen molar-refractivity contribution in [1.82, 2.24) is 0 Å². The van der Waals surface area contributed by atoms with Crippen LogP contribution in [0.1, 0.15) is 6.92 Å². The lowest BCUT2D eigenvalue weighted by Gasteiger charge is -2.11. The third kappa shape index (κ3) is 3.72. The molecule has 1 aromatic carbocycles. The SMILES string of the molecule is CC(CBr)COc1cc(Br)cc(F)c1F. The van der Waals surface area contributed by atoms with Gasteiger partial charge >= 0.3 is 0 Å². The van der Waals surface area contributed by atoms with Gasteiger partial charge in [0.2, 0.25) is 5.82 Å². The average Bonchev–Trinajstić information content (AvgIpc) is 2.20. The van der Waals surface area contributed by atoms with Crippen molar-refractivity contribution in [3.05, 3.63) is 28.2 Å². The molecule has 15 heavy (non-hydrogen) atoms. The molecule has 0 spiro atoms. The van der Waals surface area contributed by atoms with E-state index in [1.54, 1.807) is 0 Å². The molecule has 1 unspecified atom stereocenters. The molecule has 0 aliphatic carbocycles. The molecule has 1 nitrogen and oxygen atoms in total. The molecule has 0 aromatic heterocycles. The van der Waals surface area contributed by atoms with E-state index in [9.17, 15) is 8.78 Å². The fraction of sp³-hybridized carbons (Fsp3) is 0.400. The zero-order chi connectivity index (χ0) is 11.4. The van der Waals surface area contributed by atoms with Crippen LogP contribution in [0.2, 0.25) is 0 Å². The molecule has 0 amide bonds. The smallest absolute Gasteiger partial charge is 0.200 e. The minimum Gasteiger partial charge on any atom is -0.490 e. The first-order valence-corrected chi connectivity index (χ1v) is 6.29. The van der Waals surface area contributed by atoms with E-state index in [0.717, 1.165) is 11.4 Å². The van der Waals surface area contributed by atoms with Gasteiger partial charge in [-0.2, -0.15) is 4.39 Å². The standard InChI is InChI=1S/C10H10Br2F2O/c1-6(4-11)5-15-9-3-7(12)2-8(13)10(9)14/h2-3,6H,4-5H2,1H3. The summed E-state index contributed by atoms with van der Waals surface area (Å²) in [5.74, 6) is -1.67. The number of ether oxygens (including phenoxy) is 1. The van der Waals surface area contributed by atoms with Crippen LogP contribution in [-0.4, -0.2) is 11.9 Å². The number of halogens is 4. The van der Waals surface area contributed by atoms with E-state index < -0.39 is 11.6 Å². The summed E-state index contributed by atoms with van der Waals surface area (Å²) >= 11 is 6.35. The Balaban J connectivity index is 2.76. The highest BCUT2D eigenvalue weighted by Crippen LogP contribution is 2.25. The fourth-order valence-electron chi connectivity index (χ4n) is 0.914. The lowest BCUT2D eigenvalue weighted by atomic mass is 10.2. The molecule has 1 atom stereocenters. The molecule has 5 heteroatoms. The van der Waals surface area contributed by atoms with E-state index >= 15 is 0 Å². The molecular formula is C10H10Br2F2O. The van der Waals surface area contributed by atoms with Crippen molar-refractivity contribution in [2.24, 2.45) is 5.92 Å². The molecule has 0 fully saturated rings. The van der Waals surface area contributed by atoms with Gasteiger partial charge in [0.1, 0.15) is 0 Å². The maximum absolute atomic E-state index is 13.2. The Morgan fingerprint density at radius 1 is 1.40 bits per heavy atom. The fourth-order valence-corrected chi connectivity index (χ4v) is 1.51. The van der Waals surface area contributed by atoms with E-state index in [1.807, 2.05) is 6.92 Å². The van der Waals surface area contributed by atoms with Crippen LogP contribution in [0.4, 0.5) is 8.78 Å². The summed E-state index contributed by atoms with van der Waals surface area (Å²) in [4.78, 5) is 0. The van der Waals surface area contributed by atoms with Crippen molar-refractivity contribution in [3.8, 4) is 5.75 Å². The van der Waals surface area contributed by atoms with Gasteiger partial charge in [0.05, 0.1) is 6.61 Å². The summed E-state index contributed by atoms with van der Waals surface area (Å²) in [7, 11) is 0. The van der Waals surface area contributed by atoms with Crippen LogP contribution >= 0.6 is 31.9 Å². The summed E-state index contributed by atoms with van der Waals surface area (Å²) in [6.45, 7) is 2.29. The maximum Gasteiger partial charge on any atom is 0.200 e. The van der Waals surface area contributed by atoms with Crippen LogP contribution in [-0.2, 0) is 0 Å². The second-order valence-corrected chi connectivity index (χ2v) is 4.83. The van der Waals surface area contributed by atoms with Crippen LogP contribution in [0.15, 0.2) is 16.6 Å². The first-order chi connectivity index (χ1) is 7.04. The summed E-state index contributed by atoms with van der Waals surface area (Å²) in [5, 5.41) is 0.755. The molecule has 84 valence electrons. The minimum atomic E-state index is -0.944. The molecule has 0 saturated carbocycles. The van der Waals surface area contributed by atoms with E-state index in [4.69, 9.17) is 4.74 Å². The predicted octanol–water partition coefficient (Wildman–Crippen LogP) is 4.14. The number of hydrogen-bond donors (Lipinski definition) is 0. The van der Waals surface area contributed by atoms with Crippen LogP contribution in [0.3, 0.4) is 0 Å². The Bertz CT molecular complexity index is 344. The van der Waals surface area contributed by atoms with Crippen molar-refractivity contribution >= 4 is 31.9 Å². The molecule has 0 N–H and O–H groups in total. The van der Waals surface area contributed by atoms with Crippen molar-refractivity contribution in [2.45, 2.75) is 6.92 Å². The summed E-state index contributed by atoms with van der Waals surface area (Å²) in [6.07, 6.45) is 0. The maximum atomic E-state index is 13.2. The van der Waals surface area contributed by atoms with Crippen molar-refractivity contribution in [2.75, 3.05) is 11.9 Å². The molecule has 0 aliphatic rings. The molecular weight excluding hydrogens is 334 g/mol. The van der Waals surface area contributed by atoms with Crippen LogP contribution in [0, 0.1) is 17.6 Å². The van der Waals surface area contributed by atoms with E-state index in [1.165, 1.54) is 6.07 Å². The monoisotopic (exact) mass is 342 g/mol. The van der Waals surface area contributed by atoms with Gasteiger partial charge in [0.15, 0.2) is 11.6 Å². The zero-order valence-corrected chi connectivity index (χ0v) is 11.2. The molecule has 0 radical (unpaired) electrons. The lowest BCUT2D eigenvalue weighted by Crippen LogP contribution is -2.10. The third-order valence-corrected chi connectivity index (χ3v) is 3.31. The molecule has 1 rings (SSSR count). The van der Waals surface area contributed by atoms with E-state index in [0.29, 0.717) is 11.1 Å². The Labute approximate surface area is 104 Å². The van der Waals surface area contributed by atoms with Gasteiger partial charge in [-0.3, -0.25) is 0 Å². The van der Waals surface area contributed by atoms with Crippen LogP contribution in [0.25, 0.3) is 0 Å². The normalized spacial score (nSPS) is 12.6. The molecule has 0 bridgehead atoms. The summed E-state index contributed by atoms with van der Waals surface area (Å²) < 4.78 is 31.8. The number of benzene rings is 1. The van der Waals surface area contributed by atoms with Gasteiger partial charge in [0, 0.05) is 9.80 Å². The molecule has 0 saturated heterocycles. The third-order valence-electron chi connectivity index (χ3n) is 1.75. The van der Waals surface area contributed by atoms with Crippen LogP contribution < -0.4 is 4.74 Å². The highest BCUT2D eigenvalue weighted by Gasteiger charge is 2.12. The topological polar surface area (TPSA) is 9.23 Å². The van der Waals surface area contributed by atoms with Gasteiger partial charge in [0.25, 0.3) is 0 Å². The number of rotatable bonds is 4. The highest BCUT2D eigenvalue weighted by atomic mass is 79.9. The Kier molecular flexibility index (Phi) is 4.99. The number of hydrogen-bond acceptors (Lipinski definition) is 1. The van der Waals surface area contributed by atoms with Crippen LogP contribution in [0.5, 0.6) is 5.75 Å². The van der Waals surface area contributed by atoms with Gasteiger partial charge in [-0.15, -0.1) is 0 Å². The van der Waals surface area contributed by atoms with Gasteiger partial charge < -0.3 is 4.74 Å². The minimum absolute atomic E-state index is 0.0605. The van der Waals surface area contributed by atoms with Gasteiger partial charge in [-0.1, -0.05) is 38.8 Å². The lowest BCUT2D eigenvalue weighted by molar-refractivity contribution is 0.258. The van der Waals surface area contributed by atoms with Gasteiger partial charge in [-0.25, -0.2) is 4.39 Å². The highest BCUT2D eigenvalue weighted by molar-refractivity contribution is 9.10. The zero-order valence-electron chi connectivity index (χ0n) is 8.07. The van der Waals surface area contributed by atoms with E-state index in [-0.39, 0.29) is 11.7 Å². The largest absolute Gasteiger partial charge is 0.490 e. The van der Waals surface area contributed by atoms with E-state index in [2.05, 4.69) is 31.9 Å². The first kappa shape index (κ1) is 12.9. The summed E-state index contributed by atoms with van der Waals surface area (Å²) in [6, 6.07) is 2.48. The molecule has 0 heterocycles. The first-order valence-electron chi connectivity index (χ1n) is 4.38. The Morgan fingerprint density at radius 3 is 2.67 bits per heavy atom. The molecule has 1 aromatic rings. The number of alkyl halides is 1. The molecule has 0 aliphatic heterocycles. The predicted molar refractivity (Wildman–Crippen MR) is 62.5 cm³/mol. The van der Waals surface area contributed by atoms with Crippen molar-refractivity contribution in [1.29, 1.82) is 0 Å². The second kappa shape index (κ2) is 5.80. The summed E-state index contributed by atoms with van der Waals surface area (Å²) in [5.41, 5.74) is 0. The van der Waals surface area contributed by atoms with Crippen molar-refractivity contribution in [3.63, 3.8) is 0 Å². The second-order valence-electron chi connectivity index (χ2n) is 3.27. The average molecular weight is 344 g/mol. The van der Waals surface area contributed by atoms with Crippen molar-refractivity contribution < 1.29 is 13.5 Å². The Morgan fingerprint density at radius 2 is 2.07 bits per heavy atom. The Hall–Kier alpha value is -0.160.